The zero-order valence-electron chi connectivity index (χ0n) is 12.8. The van der Waals surface area contributed by atoms with Crippen LogP contribution in [-0.2, 0) is 10.5 Å². The monoisotopic (exact) mass is 361 g/mol. The molecule has 1 saturated heterocycles. The highest BCUT2D eigenvalue weighted by Crippen LogP contribution is 2.28. The summed E-state index contributed by atoms with van der Waals surface area (Å²) >= 11 is 6.37. The largest absolute Gasteiger partial charge is 0.413 e. The van der Waals surface area contributed by atoms with Crippen LogP contribution < -0.4 is 4.90 Å². The Labute approximate surface area is 147 Å². The van der Waals surface area contributed by atoms with Crippen molar-refractivity contribution in [3.63, 3.8) is 0 Å². The second kappa shape index (κ2) is 6.88. The zero-order valence-corrected chi connectivity index (χ0v) is 14.4. The Balaban J connectivity index is 1.66. The Morgan fingerprint density at radius 2 is 2.04 bits per heavy atom. The van der Waals surface area contributed by atoms with Gasteiger partial charge in [-0.3, -0.25) is 0 Å². The fourth-order valence-electron chi connectivity index (χ4n) is 2.57. The molecule has 1 fully saturated rings. The minimum Gasteiger partial charge on any atom is -0.413 e. The molecule has 1 aliphatic heterocycles. The molecule has 0 radical (unpaired) electrons. The maximum atomic E-state index is 5.45. The number of morpholine rings is 1. The average Bonchev–Trinajstić information content (AvgIpc) is 3.05. The number of thioether (sulfide) groups is 1. The summed E-state index contributed by atoms with van der Waals surface area (Å²) in [5.74, 6) is 2.01. The number of nitrogens with one attached hydrogen (secondary N) is 1. The summed E-state index contributed by atoms with van der Waals surface area (Å²) in [5.41, 5.74) is 0.930. The Morgan fingerprint density at radius 3 is 2.83 bits per heavy atom. The number of para-hydroxylation sites is 1. The van der Waals surface area contributed by atoms with Crippen LogP contribution in [0.2, 0.25) is 0 Å². The maximum Gasteiger partial charge on any atom is 0.284 e. The zero-order chi connectivity index (χ0) is 16.4. The highest BCUT2D eigenvalue weighted by atomic mass is 32.2. The molecule has 0 aliphatic carbocycles. The number of nitrogens with zero attached hydrogens (tertiary/aromatic N) is 4. The molecule has 0 saturated carbocycles. The van der Waals surface area contributed by atoms with Gasteiger partial charge in [-0.05, 0) is 24.4 Å². The Morgan fingerprint density at radius 1 is 1.21 bits per heavy atom. The fourth-order valence-corrected chi connectivity index (χ4v) is 3.40. The third kappa shape index (κ3) is 3.28. The van der Waals surface area contributed by atoms with E-state index >= 15 is 0 Å². The van der Waals surface area contributed by atoms with E-state index in [9.17, 15) is 0 Å². The van der Waals surface area contributed by atoms with Gasteiger partial charge in [0.1, 0.15) is 5.82 Å². The Bertz CT molecular complexity index is 904. The van der Waals surface area contributed by atoms with Crippen molar-refractivity contribution in [2.24, 2.45) is 0 Å². The summed E-state index contributed by atoms with van der Waals surface area (Å²) < 4.78 is 10.7. The number of aromatic nitrogens is 4. The van der Waals surface area contributed by atoms with Gasteiger partial charge >= 0.3 is 0 Å². The second-order valence-electron chi connectivity index (χ2n) is 5.24. The SMILES string of the molecule is S=c1[nH]nc(CSc2nc(N3CCOCC3)c3ccccc3n2)o1. The van der Waals surface area contributed by atoms with Crippen LogP contribution in [0.1, 0.15) is 5.89 Å². The Kier molecular flexibility index (Phi) is 4.46. The molecule has 0 amide bonds. The van der Waals surface area contributed by atoms with Crippen LogP contribution in [0.3, 0.4) is 0 Å². The quantitative estimate of drug-likeness (QED) is 0.432. The number of aromatic amines is 1. The highest BCUT2D eigenvalue weighted by molar-refractivity contribution is 7.98. The lowest BCUT2D eigenvalue weighted by Crippen LogP contribution is -2.37. The first-order valence-electron chi connectivity index (χ1n) is 7.56. The molecule has 1 aliphatic rings. The topological polar surface area (TPSA) is 80.1 Å². The van der Waals surface area contributed by atoms with Gasteiger partial charge in [0.2, 0.25) is 5.89 Å². The molecule has 124 valence electrons. The highest BCUT2D eigenvalue weighted by Gasteiger charge is 2.17. The molecule has 2 aromatic heterocycles. The van der Waals surface area contributed by atoms with Crippen LogP contribution in [0.15, 0.2) is 33.8 Å². The number of anilines is 1. The summed E-state index contributed by atoms with van der Waals surface area (Å²) in [6.07, 6.45) is 0. The molecule has 3 heterocycles. The van der Waals surface area contributed by atoms with E-state index in [1.54, 1.807) is 0 Å². The van der Waals surface area contributed by atoms with Crippen molar-refractivity contribution < 1.29 is 9.15 Å². The van der Waals surface area contributed by atoms with E-state index in [0.717, 1.165) is 29.8 Å². The molecule has 7 nitrogen and oxygen atoms in total. The number of benzene rings is 1. The number of rotatable bonds is 4. The third-order valence-electron chi connectivity index (χ3n) is 3.68. The van der Waals surface area contributed by atoms with E-state index in [4.69, 9.17) is 26.4 Å². The molecule has 9 heteroatoms. The van der Waals surface area contributed by atoms with Gasteiger partial charge in [-0.15, -0.1) is 5.10 Å². The number of hydrogen-bond donors (Lipinski definition) is 1. The molecular formula is C15H15N5O2S2. The fraction of sp³-hybridized carbons (Fsp3) is 0.333. The van der Waals surface area contributed by atoms with E-state index in [0.29, 0.717) is 30.0 Å². The van der Waals surface area contributed by atoms with Gasteiger partial charge in [-0.2, -0.15) is 0 Å². The number of fused-ring (bicyclic) bond motifs is 1. The lowest BCUT2D eigenvalue weighted by atomic mass is 10.2. The molecule has 4 rings (SSSR count). The molecule has 1 N–H and O–H groups in total. The minimum atomic E-state index is 0.277. The number of hydrogen-bond acceptors (Lipinski definition) is 8. The van der Waals surface area contributed by atoms with Gasteiger partial charge in [-0.1, -0.05) is 23.9 Å². The van der Waals surface area contributed by atoms with Crippen LogP contribution in [0.5, 0.6) is 0 Å². The third-order valence-corrected chi connectivity index (χ3v) is 4.69. The molecule has 0 unspecified atom stereocenters. The molecule has 1 aromatic carbocycles. The molecular weight excluding hydrogens is 346 g/mol. The van der Waals surface area contributed by atoms with Gasteiger partial charge < -0.3 is 14.1 Å². The normalized spacial score (nSPS) is 15.1. The van der Waals surface area contributed by atoms with Gasteiger partial charge in [0.25, 0.3) is 4.84 Å². The van der Waals surface area contributed by atoms with Crippen molar-refractivity contribution in [1.82, 2.24) is 20.2 Å². The van der Waals surface area contributed by atoms with Crippen molar-refractivity contribution in [3.05, 3.63) is 35.0 Å². The number of ether oxygens (including phenoxy) is 1. The van der Waals surface area contributed by atoms with E-state index < -0.39 is 0 Å². The summed E-state index contributed by atoms with van der Waals surface area (Å²) in [7, 11) is 0. The average molecular weight is 361 g/mol. The van der Waals surface area contributed by atoms with E-state index in [2.05, 4.69) is 26.1 Å². The van der Waals surface area contributed by atoms with Crippen molar-refractivity contribution in [2.75, 3.05) is 31.2 Å². The lowest BCUT2D eigenvalue weighted by molar-refractivity contribution is 0.122. The maximum absolute atomic E-state index is 5.45. The van der Waals surface area contributed by atoms with E-state index in [1.807, 2.05) is 18.2 Å². The molecule has 0 bridgehead atoms. The smallest absolute Gasteiger partial charge is 0.284 e. The van der Waals surface area contributed by atoms with Gasteiger partial charge in [0.15, 0.2) is 5.16 Å². The number of H-pyrrole nitrogens is 1. The van der Waals surface area contributed by atoms with Crippen molar-refractivity contribution in [2.45, 2.75) is 10.9 Å². The predicted molar refractivity (Wildman–Crippen MR) is 93.8 cm³/mol. The first-order valence-corrected chi connectivity index (χ1v) is 8.95. The van der Waals surface area contributed by atoms with Crippen LogP contribution in [-0.4, -0.2) is 46.5 Å². The summed E-state index contributed by atoms with van der Waals surface area (Å²) in [4.78, 5) is 11.9. The molecule has 3 aromatic rings. The van der Waals surface area contributed by atoms with Crippen LogP contribution in [0, 0.1) is 4.84 Å². The summed E-state index contributed by atoms with van der Waals surface area (Å²) in [6.45, 7) is 3.10. The van der Waals surface area contributed by atoms with Gasteiger partial charge in [-0.25, -0.2) is 15.1 Å². The van der Waals surface area contributed by atoms with Crippen molar-refractivity contribution in [1.29, 1.82) is 0 Å². The van der Waals surface area contributed by atoms with Crippen molar-refractivity contribution >= 4 is 40.7 Å². The van der Waals surface area contributed by atoms with Crippen LogP contribution >= 0.6 is 24.0 Å². The van der Waals surface area contributed by atoms with Gasteiger partial charge in [0, 0.05) is 18.5 Å². The lowest BCUT2D eigenvalue weighted by Gasteiger charge is -2.28. The molecule has 24 heavy (non-hydrogen) atoms. The second-order valence-corrected chi connectivity index (χ2v) is 6.56. The first kappa shape index (κ1) is 15.6. The van der Waals surface area contributed by atoms with Gasteiger partial charge in [0.05, 0.1) is 24.5 Å². The summed E-state index contributed by atoms with van der Waals surface area (Å²) in [6, 6.07) is 8.06. The van der Waals surface area contributed by atoms with E-state index in [-0.39, 0.29) is 4.84 Å². The van der Waals surface area contributed by atoms with Crippen LogP contribution in [0.25, 0.3) is 10.9 Å². The summed E-state index contributed by atoms with van der Waals surface area (Å²) in [5, 5.41) is 8.38. The first-order chi connectivity index (χ1) is 11.8. The minimum absolute atomic E-state index is 0.277. The Hall–Kier alpha value is -1.97. The standard InChI is InChI=1S/C15H15N5O2S2/c23-15-19-18-12(22-15)9-24-14-16-11-4-2-1-3-10(11)13(17-14)20-5-7-21-8-6-20/h1-4H,5-9H2,(H,19,23). The molecule has 0 spiro atoms. The predicted octanol–water partition coefficient (Wildman–Crippen LogP) is 2.80. The van der Waals surface area contributed by atoms with Crippen molar-refractivity contribution in [3.8, 4) is 0 Å². The molecule has 0 atom stereocenters. The van der Waals surface area contributed by atoms with Crippen LogP contribution in [0.4, 0.5) is 5.82 Å². The van der Waals surface area contributed by atoms with E-state index in [1.165, 1.54) is 11.8 Å².